The molecule has 2 unspecified atom stereocenters. The molecule has 1 aromatic rings. The molecule has 19 heavy (non-hydrogen) atoms. The van der Waals surface area contributed by atoms with Gasteiger partial charge in [-0.3, -0.25) is 4.79 Å². The number of ether oxygens (including phenoxy) is 2. The van der Waals surface area contributed by atoms with Crippen molar-refractivity contribution in [3.05, 3.63) is 27.7 Å². The van der Waals surface area contributed by atoms with Gasteiger partial charge in [0.1, 0.15) is 11.5 Å². The smallest absolute Gasteiger partial charge is 0.142 e. The number of ketones is 1. The van der Waals surface area contributed by atoms with E-state index in [1.807, 2.05) is 13.0 Å². The van der Waals surface area contributed by atoms with Crippen molar-refractivity contribution in [3.63, 3.8) is 0 Å². The van der Waals surface area contributed by atoms with Gasteiger partial charge >= 0.3 is 0 Å². The van der Waals surface area contributed by atoms with Crippen LogP contribution in [0.4, 0.5) is 0 Å². The number of carbonyl (C=O) groups is 1. The molecular weight excluding hydrogens is 308 g/mol. The van der Waals surface area contributed by atoms with Gasteiger partial charge in [0.2, 0.25) is 0 Å². The maximum Gasteiger partial charge on any atom is 0.142 e. The summed E-state index contributed by atoms with van der Waals surface area (Å²) < 4.78 is 12.2. The topological polar surface area (TPSA) is 35.5 Å². The van der Waals surface area contributed by atoms with Crippen molar-refractivity contribution in [2.75, 3.05) is 13.2 Å². The second-order valence-corrected chi connectivity index (χ2v) is 6.29. The summed E-state index contributed by atoms with van der Waals surface area (Å²) in [4.78, 5) is 12.3. The lowest BCUT2D eigenvalue weighted by Crippen LogP contribution is -2.17. The van der Waals surface area contributed by atoms with Crippen LogP contribution in [0.1, 0.15) is 24.5 Å². The van der Waals surface area contributed by atoms with E-state index in [0.717, 1.165) is 35.2 Å². The second kappa shape index (κ2) is 5.25. The Morgan fingerprint density at radius 3 is 3.05 bits per heavy atom. The van der Waals surface area contributed by atoms with Gasteiger partial charge in [-0.15, -0.1) is 0 Å². The summed E-state index contributed by atoms with van der Waals surface area (Å²) >= 11 is 3.51. The summed E-state index contributed by atoms with van der Waals surface area (Å²) in [5.41, 5.74) is 2.21. The molecule has 2 atom stereocenters. The minimum atomic E-state index is 0.0473. The SMILES string of the molecule is CC1CC(C(=O)Cc2cc(Br)cc3c2OCC3)CO1. The van der Waals surface area contributed by atoms with Crippen LogP contribution in [0.25, 0.3) is 0 Å². The summed E-state index contributed by atoms with van der Waals surface area (Å²) in [6.45, 7) is 3.31. The molecule has 0 aromatic heterocycles. The predicted octanol–water partition coefficient (Wildman–Crippen LogP) is 2.92. The van der Waals surface area contributed by atoms with Gasteiger partial charge in [-0.1, -0.05) is 15.9 Å². The Kier molecular flexibility index (Phi) is 3.63. The van der Waals surface area contributed by atoms with E-state index in [9.17, 15) is 4.79 Å². The maximum absolute atomic E-state index is 12.3. The quantitative estimate of drug-likeness (QED) is 0.857. The molecule has 1 aromatic carbocycles. The van der Waals surface area contributed by atoms with Crippen molar-refractivity contribution >= 4 is 21.7 Å². The maximum atomic E-state index is 12.3. The Bertz CT molecular complexity index is 512. The zero-order chi connectivity index (χ0) is 13.4. The van der Waals surface area contributed by atoms with Crippen LogP contribution in [0.15, 0.2) is 16.6 Å². The van der Waals surface area contributed by atoms with Crippen LogP contribution in [0.3, 0.4) is 0 Å². The second-order valence-electron chi connectivity index (χ2n) is 5.37. The number of hydrogen-bond acceptors (Lipinski definition) is 3. The monoisotopic (exact) mass is 324 g/mol. The highest BCUT2D eigenvalue weighted by atomic mass is 79.9. The first kappa shape index (κ1) is 13.1. The van der Waals surface area contributed by atoms with Crippen LogP contribution in [-0.4, -0.2) is 25.1 Å². The Labute approximate surface area is 121 Å². The van der Waals surface area contributed by atoms with E-state index >= 15 is 0 Å². The van der Waals surface area contributed by atoms with Gasteiger partial charge in [0, 0.05) is 28.8 Å². The summed E-state index contributed by atoms with van der Waals surface area (Å²) in [5, 5.41) is 0. The third kappa shape index (κ3) is 2.70. The van der Waals surface area contributed by atoms with Gasteiger partial charge in [-0.25, -0.2) is 0 Å². The lowest BCUT2D eigenvalue weighted by molar-refractivity contribution is -0.122. The van der Waals surface area contributed by atoms with Gasteiger partial charge in [-0.2, -0.15) is 0 Å². The predicted molar refractivity (Wildman–Crippen MR) is 75.6 cm³/mol. The van der Waals surface area contributed by atoms with Gasteiger partial charge in [-0.05, 0) is 31.0 Å². The van der Waals surface area contributed by atoms with Crippen molar-refractivity contribution < 1.29 is 14.3 Å². The van der Waals surface area contributed by atoms with E-state index in [2.05, 4.69) is 22.0 Å². The van der Waals surface area contributed by atoms with Crippen LogP contribution in [-0.2, 0) is 22.4 Å². The first-order chi connectivity index (χ1) is 9.13. The standard InChI is InChI=1S/C15H17BrO3/c1-9-4-12(8-19-9)14(17)7-11-6-13(16)5-10-2-3-18-15(10)11/h5-6,9,12H,2-4,7-8H2,1H3. The first-order valence-electron chi connectivity index (χ1n) is 6.72. The first-order valence-corrected chi connectivity index (χ1v) is 7.51. The van der Waals surface area contributed by atoms with Gasteiger partial charge in [0.05, 0.1) is 19.3 Å². The molecule has 2 aliphatic heterocycles. The number of carbonyl (C=O) groups excluding carboxylic acids is 1. The Hall–Kier alpha value is -0.870. The third-order valence-electron chi connectivity index (χ3n) is 3.84. The van der Waals surface area contributed by atoms with Crippen LogP contribution in [0.2, 0.25) is 0 Å². The molecule has 3 nitrogen and oxygen atoms in total. The molecule has 2 heterocycles. The lowest BCUT2D eigenvalue weighted by Gasteiger charge is -2.11. The fraction of sp³-hybridized carbons (Fsp3) is 0.533. The summed E-state index contributed by atoms with van der Waals surface area (Å²) in [6, 6.07) is 4.08. The van der Waals surface area contributed by atoms with Crippen molar-refractivity contribution in [3.8, 4) is 5.75 Å². The van der Waals surface area contributed by atoms with Gasteiger partial charge in [0.15, 0.2) is 0 Å². The van der Waals surface area contributed by atoms with Crippen molar-refractivity contribution in [2.24, 2.45) is 5.92 Å². The molecule has 0 radical (unpaired) electrons. The molecular formula is C15H17BrO3. The highest BCUT2D eigenvalue weighted by Crippen LogP contribution is 2.34. The molecule has 3 rings (SSSR count). The van der Waals surface area contributed by atoms with Crippen LogP contribution < -0.4 is 4.74 Å². The number of halogens is 1. The Balaban J connectivity index is 1.78. The fourth-order valence-corrected chi connectivity index (χ4v) is 3.40. The highest BCUT2D eigenvalue weighted by molar-refractivity contribution is 9.10. The van der Waals surface area contributed by atoms with Gasteiger partial charge in [0.25, 0.3) is 0 Å². The summed E-state index contributed by atoms with van der Waals surface area (Å²) in [7, 11) is 0. The van der Waals surface area contributed by atoms with E-state index in [1.54, 1.807) is 0 Å². The molecule has 4 heteroatoms. The zero-order valence-electron chi connectivity index (χ0n) is 10.9. The van der Waals surface area contributed by atoms with Crippen LogP contribution in [0, 0.1) is 5.92 Å². The normalized spacial score (nSPS) is 25.2. The van der Waals surface area contributed by atoms with E-state index in [1.165, 1.54) is 5.56 Å². The number of hydrogen-bond donors (Lipinski definition) is 0. The minimum absolute atomic E-state index is 0.0473. The molecule has 102 valence electrons. The van der Waals surface area contributed by atoms with Crippen molar-refractivity contribution in [1.29, 1.82) is 0 Å². The molecule has 2 aliphatic rings. The Morgan fingerprint density at radius 2 is 2.32 bits per heavy atom. The summed E-state index contributed by atoms with van der Waals surface area (Å²) in [5.74, 6) is 1.23. The number of benzene rings is 1. The summed E-state index contributed by atoms with van der Waals surface area (Å²) in [6.07, 6.45) is 2.43. The molecule has 0 saturated carbocycles. The van der Waals surface area contributed by atoms with E-state index in [0.29, 0.717) is 13.0 Å². The number of Topliss-reactive ketones (excluding diaryl/α,β-unsaturated/α-hetero) is 1. The fourth-order valence-electron chi connectivity index (χ4n) is 2.85. The van der Waals surface area contributed by atoms with E-state index in [4.69, 9.17) is 9.47 Å². The molecule has 0 amide bonds. The largest absolute Gasteiger partial charge is 0.493 e. The molecule has 0 aliphatic carbocycles. The molecule has 1 fully saturated rings. The molecule has 1 saturated heterocycles. The molecule has 0 N–H and O–H groups in total. The van der Waals surface area contributed by atoms with E-state index in [-0.39, 0.29) is 17.8 Å². The zero-order valence-corrected chi connectivity index (χ0v) is 12.5. The molecule has 0 spiro atoms. The minimum Gasteiger partial charge on any atom is -0.493 e. The average Bonchev–Trinajstić information content (AvgIpc) is 2.97. The lowest BCUT2D eigenvalue weighted by atomic mass is 9.94. The van der Waals surface area contributed by atoms with Crippen LogP contribution >= 0.6 is 15.9 Å². The number of fused-ring (bicyclic) bond motifs is 1. The third-order valence-corrected chi connectivity index (χ3v) is 4.30. The van der Waals surface area contributed by atoms with Gasteiger partial charge < -0.3 is 9.47 Å². The average molecular weight is 325 g/mol. The Morgan fingerprint density at radius 1 is 1.47 bits per heavy atom. The van der Waals surface area contributed by atoms with Crippen LogP contribution in [0.5, 0.6) is 5.75 Å². The highest BCUT2D eigenvalue weighted by Gasteiger charge is 2.29. The molecule has 0 bridgehead atoms. The number of rotatable bonds is 3. The van der Waals surface area contributed by atoms with E-state index < -0.39 is 0 Å². The van der Waals surface area contributed by atoms with Crippen molar-refractivity contribution in [2.45, 2.75) is 32.3 Å². The van der Waals surface area contributed by atoms with Crippen molar-refractivity contribution in [1.82, 2.24) is 0 Å².